The molecule has 0 unspecified atom stereocenters. The summed E-state index contributed by atoms with van der Waals surface area (Å²) in [6, 6.07) is 0.983. The Balaban J connectivity index is 0.00000324. The zero-order valence-corrected chi connectivity index (χ0v) is 13.7. The minimum atomic E-state index is -1.41. The van der Waals surface area contributed by atoms with E-state index in [0.717, 1.165) is 6.04 Å². The fraction of sp³-hybridized carbons (Fsp3) is 0.600. The molecule has 8 heteroatoms. The van der Waals surface area contributed by atoms with Crippen molar-refractivity contribution in [2.75, 3.05) is 6.61 Å². The second kappa shape index (κ2) is 7.51. The smallest absolute Gasteiger partial charge is 0.542 e. The van der Waals surface area contributed by atoms with Gasteiger partial charge in [0.2, 0.25) is 0 Å². The molecule has 0 bridgehead atoms. The normalized spacial score (nSPS) is 11.9. The van der Waals surface area contributed by atoms with Crippen LogP contribution in [0.2, 0.25) is 25.7 Å². The molecular formula is C10H16BrLiN2O3Si. The number of aromatic nitrogens is 2. The van der Waals surface area contributed by atoms with Crippen LogP contribution in [0.5, 0.6) is 0 Å². The largest absolute Gasteiger partial charge is 1.00 e. The Morgan fingerprint density at radius 1 is 1.67 bits per heavy atom. The molecule has 1 heterocycles. The van der Waals surface area contributed by atoms with Gasteiger partial charge < -0.3 is 19.2 Å². The van der Waals surface area contributed by atoms with Crippen molar-refractivity contribution in [1.82, 2.24) is 9.55 Å². The van der Waals surface area contributed by atoms with Gasteiger partial charge in [-0.25, -0.2) is 4.98 Å². The van der Waals surface area contributed by atoms with Crippen LogP contribution >= 0.6 is 15.9 Å². The van der Waals surface area contributed by atoms with Crippen molar-refractivity contribution < 1.29 is 34.9 Å². The molecule has 0 aromatic carbocycles. The molecule has 5 nitrogen and oxygen atoms in total. The van der Waals surface area contributed by atoms with Gasteiger partial charge in [0.1, 0.15) is 17.3 Å². The van der Waals surface area contributed by atoms with Crippen LogP contribution in [0.3, 0.4) is 0 Å². The third-order valence-corrected chi connectivity index (χ3v) is 4.15. The van der Waals surface area contributed by atoms with Gasteiger partial charge in [-0.1, -0.05) is 19.6 Å². The van der Waals surface area contributed by atoms with Gasteiger partial charge in [-0.2, -0.15) is 0 Å². The Bertz CT molecular complexity index is 451. The predicted octanol–water partition coefficient (Wildman–Crippen LogP) is -1.67. The molecule has 96 valence electrons. The van der Waals surface area contributed by atoms with Gasteiger partial charge in [-0.05, 0) is 22.0 Å². The molecule has 0 saturated carbocycles. The van der Waals surface area contributed by atoms with Gasteiger partial charge in [0.25, 0.3) is 0 Å². The van der Waals surface area contributed by atoms with Crippen molar-refractivity contribution in [2.24, 2.45) is 0 Å². The molecule has 0 saturated heterocycles. The van der Waals surface area contributed by atoms with Crippen LogP contribution in [-0.2, 0) is 11.5 Å². The number of halogens is 1. The number of imidazole rings is 1. The monoisotopic (exact) mass is 327 g/mol. The van der Waals surface area contributed by atoms with Gasteiger partial charge in [0, 0.05) is 20.9 Å². The second-order valence-corrected chi connectivity index (χ2v) is 11.3. The average Bonchev–Trinajstić information content (AvgIpc) is 2.50. The molecule has 0 aliphatic heterocycles. The molecule has 0 aliphatic carbocycles. The fourth-order valence-corrected chi connectivity index (χ4v) is 2.26. The van der Waals surface area contributed by atoms with E-state index in [-0.39, 0.29) is 42.2 Å². The molecule has 1 rings (SSSR count). The predicted molar refractivity (Wildman–Crippen MR) is 68.4 cm³/mol. The molecule has 0 radical (unpaired) electrons. The first-order valence-corrected chi connectivity index (χ1v) is 9.74. The van der Waals surface area contributed by atoms with E-state index in [1.807, 2.05) is 0 Å². The second-order valence-electron chi connectivity index (χ2n) is 4.90. The summed E-state index contributed by atoms with van der Waals surface area (Å²) in [6.45, 7) is 7.24. The van der Waals surface area contributed by atoms with E-state index in [4.69, 9.17) is 6.11 Å². The van der Waals surface area contributed by atoms with Gasteiger partial charge >= 0.3 is 18.9 Å². The number of hydrogen-bond acceptors (Lipinski definition) is 4. The van der Waals surface area contributed by atoms with E-state index in [1.54, 1.807) is 0 Å². The van der Waals surface area contributed by atoms with E-state index in [1.165, 1.54) is 4.57 Å². The summed E-state index contributed by atoms with van der Waals surface area (Å²) in [5.74, 6) is -1.71. The van der Waals surface area contributed by atoms with E-state index in [9.17, 15) is 9.90 Å². The average molecular weight is 328 g/mol. The Hall–Kier alpha value is -0.0657. The van der Waals surface area contributed by atoms with Crippen LogP contribution in [0.1, 0.15) is 12.0 Å². The first kappa shape index (κ1) is 16.0. The minimum Gasteiger partial charge on any atom is -0.542 e. The number of ether oxygens (including phenoxy) is 1. The number of hydrogen-bond donors (Lipinski definition) is 0. The Labute approximate surface area is 130 Å². The SMILES string of the molecule is [2H]c1c(Br)nc(C(=O)[O-])n1COCC[Si](C)(C)C.[Li+]. The number of aromatic carboxylic acids is 1. The summed E-state index contributed by atoms with van der Waals surface area (Å²) in [5.41, 5.74) is 0. The Kier molecular flexibility index (Phi) is 6.67. The molecule has 0 spiro atoms. The van der Waals surface area contributed by atoms with Crippen LogP contribution in [0.15, 0.2) is 10.8 Å². The standard InChI is InChI=1S/C10H17BrN2O3Si.Li/c1-17(2,3)5-4-16-7-13-6-8(11)12-9(13)10(14)15;/h6H,4-5,7H2,1-3H3,(H,14,15);/q;+1/p-1/i6D;. The maximum Gasteiger partial charge on any atom is 1.00 e. The number of nitrogens with zero attached hydrogens (tertiary/aromatic N) is 2. The van der Waals surface area contributed by atoms with Crippen molar-refractivity contribution >= 4 is 30.0 Å². The summed E-state index contributed by atoms with van der Waals surface area (Å²) in [4.78, 5) is 14.5. The zero-order valence-electron chi connectivity index (χ0n) is 12.1. The van der Waals surface area contributed by atoms with Crippen LogP contribution in [0.25, 0.3) is 0 Å². The van der Waals surface area contributed by atoms with Crippen LogP contribution in [0.4, 0.5) is 0 Å². The van der Waals surface area contributed by atoms with E-state index in [0.29, 0.717) is 6.61 Å². The quantitative estimate of drug-likeness (QED) is 0.462. The summed E-state index contributed by atoms with van der Waals surface area (Å²) in [6.07, 6.45) is -0.0257. The van der Waals surface area contributed by atoms with E-state index in [2.05, 4.69) is 40.6 Å². The number of rotatable bonds is 6. The van der Waals surface area contributed by atoms with Gasteiger partial charge in [0.15, 0.2) is 5.82 Å². The van der Waals surface area contributed by atoms with Crippen LogP contribution < -0.4 is 24.0 Å². The summed E-state index contributed by atoms with van der Waals surface area (Å²) >= 11 is 3.02. The summed E-state index contributed by atoms with van der Waals surface area (Å²) in [5, 5.41) is 10.8. The molecule has 18 heavy (non-hydrogen) atoms. The summed E-state index contributed by atoms with van der Waals surface area (Å²) < 4.78 is 14.4. The molecule has 1 aromatic heterocycles. The maximum atomic E-state index is 10.8. The molecule has 0 fully saturated rings. The topological polar surface area (TPSA) is 67.2 Å². The van der Waals surface area contributed by atoms with Crippen molar-refractivity contribution in [3.8, 4) is 0 Å². The minimum absolute atomic E-state index is 0. The first-order valence-electron chi connectivity index (χ1n) is 5.74. The molecule has 0 aliphatic rings. The molecule has 0 atom stereocenters. The molecular weight excluding hydrogens is 311 g/mol. The Morgan fingerprint density at radius 3 is 2.78 bits per heavy atom. The molecule has 0 N–H and O–H groups in total. The number of carboxylic acids is 1. The number of carboxylic acid groups (broad SMARTS) is 1. The van der Waals surface area contributed by atoms with Crippen molar-refractivity contribution in [1.29, 1.82) is 0 Å². The van der Waals surface area contributed by atoms with Crippen LogP contribution in [-0.4, -0.2) is 30.2 Å². The maximum absolute atomic E-state index is 10.8. The Morgan fingerprint density at radius 2 is 2.28 bits per heavy atom. The van der Waals surface area contributed by atoms with Gasteiger partial charge in [-0.15, -0.1) is 0 Å². The van der Waals surface area contributed by atoms with E-state index < -0.39 is 14.0 Å². The molecule has 1 aromatic rings. The van der Waals surface area contributed by atoms with Gasteiger partial charge in [-0.3, -0.25) is 0 Å². The molecule has 0 amide bonds. The summed E-state index contributed by atoms with van der Waals surface area (Å²) in [7, 11) is -1.17. The third kappa shape index (κ3) is 6.20. The van der Waals surface area contributed by atoms with Gasteiger partial charge in [0.05, 0.1) is 1.37 Å². The third-order valence-electron chi connectivity index (χ3n) is 2.09. The first-order chi connectivity index (χ1) is 8.22. The van der Waals surface area contributed by atoms with Crippen LogP contribution in [0, 0.1) is 0 Å². The van der Waals surface area contributed by atoms with Crippen molar-refractivity contribution in [3.05, 3.63) is 16.6 Å². The van der Waals surface area contributed by atoms with E-state index >= 15 is 0 Å². The number of carbonyl (C=O) groups excluding carboxylic acids is 1. The zero-order chi connectivity index (χ0) is 13.9. The number of carbonyl (C=O) groups is 1. The van der Waals surface area contributed by atoms with Crippen molar-refractivity contribution in [3.63, 3.8) is 0 Å². The fourth-order valence-electron chi connectivity index (χ4n) is 1.13. The van der Waals surface area contributed by atoms with Crippen molar-refractivity contribution in [2.45, 2.75) is 32.4 Å².